The molecule has 1 aromatic heterocycles. The van der Waals surface area contributed by atoms with E-state index in [1.807, 2.05) is 0 Å². The Balaban J connectivity index is 1.62. The summed E-state index contributed by atoms with van der Waals surface area (Å²) in [6, 6.07) is 7.21. The Kier molecular flexibility index (Phi) is 3.62. The minimum absolute atomic E-state index is 0.652. The largest absolute Gasteiger partial charge is 0.342 e. The van der Waals surface area contributed by atoms with Gasteiger partial charge in [-0.25, -0.2) is 0 Å². The van der Waals surface area contributed by atoms with Crippen LogP contribution in [-0.2, 0) is 0 Å². The molecule has 0 N–H and O–H groups in total. The predicted molar refractivity (Wildman–Crippen MR) is 91.6 cm³/mol. The lowest BCUT2D eigenvalue weighted by Crippen LogP contribution is -2.37. The molecule has 22 heavy (non-hydrogen) atoms. The van der Waals surface area contributed by atoms with Crippen molar-refractivity contribution in [3.63, 3.8) is 0 Å². The molecule has 0 saturated carbocycles. The minimum Gasteiger partial charge on any atom is -0.342 e. The molecule has 1 aromatic carbocycles. The van der Waals surface area contributed by atoms with Crippen molar-refractivity contribution in [3.05, 3.63) is 29.3 Å². The lowest BCUT2D eigenvalue weighted by atomic mass is 10.1. The summed E-state index contributed by atoms with van der Waals surface area (Å²) in [6.07, 6.45) is 2.52. The van der Waals surface area contributed by atoms with Crippen LogP contribution in [0, 0.1) is 13.8 Å². The monoisotopic (exact) mass is 314 g/mol. The van der Waals surface area contributed by atoms with Crippen molar-refractivity contribution in [1.29, 1.82) is 0 Å². The fourth-order valence-electron chi connectivity index (χ4n) is 3.46. The van der Waals surface area contributed by atoms with Crippen LogP contribution in [0.15, 0.2) is 18.2 Å². The van der Waals surface area contributed by atoms with Crippen LogP contribution in [0.5, 0.6) is 0 Å². The first-order valence-corrected chi connectivity index (χ1v) is 8.92. The first-order chi connectivity index (χ1) is 10.7. The number of fused-ring (bicyclic) bond motifs is 4. The fourth-order valence-corrected chi connectivity index (χ4v) is 4.40. The maximum atomic E-state index is 4.50. The summed E-state index contributed by atoms with van der Waals surface area (Å²) < 4.78 is 0. The van der Waals surface area contributed by atoms with Crippen molar-refractivity contribution in [2.75, 3.05) is 31.1 Å². The van der Waals surface area contributed by atoms with Crippen LogP contribution >= 0.6 is 11.3 Å². The highest BCUT2D eigenvalue weighted by molar-refractivity contribution is 7.18. The number of hydrogen-bond donors (Lipinski definition) is 0. The average molecular weight is 314 g/mol. The van der Waals surface area contributed by atoms with Crippen molar-refractivity contribution < 1.29 is 0 Å². The van der Waals surface area contributed by atoms with Crippen LogP contribution in [0.3, 0.4) is 0 Å². The maximum Gasteiger partial charge on any atom is 0.208 e. The smallest absolute Gasteiger partial charge is 0.208 e. The zero-order valence-corrected chi connectivity index (χ0v) is 14.1. The SMILES string of the molecule is Cc1ccc(-c2nnc(N3CCN4CCC3CC4)s2)cc1C. The summed E-state index contributed by atoms with van der Waals surface area (Å²) in [6.45, 7) is 9.03. The van der Waals surface area contributed by atoms with Gasteiger partial charge in [-0.05, 0) is 43.9 Å². The fraction of sp³-hybridized carbons (Fsp3) is 0.529. The Morgan fingerprint density at radius 2 is 1.82 bits per heavy atom. The summed E-state index contributed by atoms with van der Waals surface area (Å²) in [5.41, 5.74) is 3.83. The number of aromatic nitrogens is 2. The van der Waals surface area contributed by atoms with Gasteiger partial charge in [-0.1, -0.05) is 23.5 Å². The van der Waals surface area contributed by atoms with E-state index in [4.69, 9.17) is 0 Å². The first kappa shape index (κ1) is 14.2. The molecule has 3 aliphatic rings. The van der Waals surface area contributed by atoms with Gasteiger partial charge in [0.1, 0.15) is 5.01 Å². The van der Waals surface area contributed by atoms with Crippen LogP contribution in [-0.4, -0.2) is 47.3 Å². The van der Waals surface area contributed by atoms with Crippen molar-refractivity contribution >= 4 is 16.5 Å². The van der Waals surface area contributed by atoms with Crippen LogP contribution in [0.2, 0.25) is 0 Å². The van der Waals surface area contributed by atoms with Gasteiger partial charge in [0, 0.05) is 37.8 Å². The maximum absolute atomic E-state index is 4.50. The molecule has 0 atom stereocenters. The number of benzene rings is 1. The van der Waals surface area contributed by atoms with E-state index in [9.17, 15) is 0 Å². The molecule has 0 spiro atoms. The quantitative estimate of drug-likeness (QED) is 0.852. The molecule has 0 aliphatic carbocycles. The van der Waals surface area contributed by atoms with Gasteiger partial charge in [0.05, 0.1) is 0 Å². The highest BCUT2D eigenvalue weighted by Gasteiger charge is 2.30. The first-order valence-electron chi connectivity index (χ1n) is 8.11. The highest BCUT2D eigenvalue weighted by Crippen LogP contribution is 2.33. The number of aryl methyl sites for hydroxylation is 2. The Hall–Kier alpha value is -1.46. The van der Waals surface area contributed by atoms with Gasteiger partial charge >= 0.3 is 0 Å². The van der Waals surface area contributed by atoms with Crippen LogP contribution in [0.25, 0.3) is 10.6 Å². The Morgan fingerprint density at radius 1 is 1.00 bits per heavy atom. The van der Waals surface area contributed by atoms with E-state index in [-0.39, 0.29) is 0 Å². The number of anilines is 1. The van der Waals surface area contributed by atoms with Gasteiger partial charge in [0.15, 0.2) is 0 Å². The van der Waals surface area contributed by atoms with Gasteiger partial charge in [0.2, 0.25) is 5.13 Å². The predicted octanol–water partition coefficient (Wildman–Crippen LogP) is 3.11. The topological polar surface area (TPSA) is 32.3 Å². The average Bonchev–Trinajstić information content (AvgIpc) is 2.83. The zero-order valence-electron chi connectivity index (χ0n) is 13.2. The highest BCUT2D eigenvalue weighted by atomic mass is 32.1. The van der Waals surface area contributed by atoms with Crippen LogP contribution in [0.4, 0.5) is 5.13 Å². The van der Waals surface area contributed by atoms with E-state index in [2.05, 4.69) is 52.0 Å². The molecular formula is C17H22N4S. The van der Waals surface area contributed by atoms with E-state index < -0.39 is 0 Å². The summed E-state index contributed by atoms with van der Waals surface area (Å²) in [4.78, 5) is 5.07. The number of nitrogens with zero attached hydrogens (tertiary/aromatic N) is 4. The van der Waals surface area contributed by atoms with Crippen molar-refractivity contribution in [2.45, 2.75) is 32.7 Å². The third-order valence-corrected chi connectivity index (χ3v) is 6.08. The minimum atomic E-state index is 0.652. The Morgan fingerprint density at radius 3 is 2.59 bits per heavy atom. The normalized spacial score (nSPS) is 24.5. The van der Waals surface area contributed by atoms with Gasteiger partial charge in [-0.15, -0.1) is 10.2 Å². The van der Waals surface area contributed by atoms with Crippen LogP contribution in [0.1, 0.15) is 24.0 Å². The van der Waals surface area contributed by atoms with E-state index in [1.54, 1.807) is 11.3 Å². The summed E-state index contributed by atoms with van der Waals surface area (Å²) in [5, 5.41) is 11.1. The molecule has 116 valence electrons. The Labute approximate surface area is 135 Å². The molecule has 3 saturated heterocycles. The molecule has 0 amide bonds. The third-order valence-electron chi connectivity index (χ3n) is 5.07. The molecule has 2 aromatic rings. The van der Waals surface area contributed by atoms with E-state index >= 15 is 0 Å². The number of rotatable bonds is 2. The Bertz CT molecular complexity index is 673. The molecule has 0 radical (unpaired) electrons. The van der Waals surface area contributed by atoms with Gasteiger partial charge in [-0.3, -0.25) is 0 Å². The second-order valence-corrected chi connectivity index (χ2v) is 7.41. The van der Waals surface area contributed by atoms with Crippen molar-refractivity contribution in [1.82, 2.24) is 15.1 Å². The molecule has 4 nitrogen and oxygen atoms in total. The second kappa shape index (κ2) is 5.63. The van der Waals surface area contributed by atoms with Gasteiger partial charge < -0.3 is 9.80 Å². The molecule has 2 bridgehead atoms. The lowest BCUT2D eigenvalue weighted by Gasteiger charge is -2.30. The summed E-state index contributed by atoms with van der Waals surface area (Å²) in [7, 11) is 0. The van der Waals surface area contributed by atoms with Gasteiger partial charge in [-0.2, -0.15) is 0 Å². The zero-order chi connectivity index (χ0) is 15.1. The van der Waals surface area contributed by atoms with E-state index in [0.717, 1.165) is 23.2 Å². The molecule has 3 aliphatic heterocycles. The second-order valence-electron chi connectivity index (χ2n) is 6.46. The van der Waals surface area contributed by atoms with Gasteiger partial charge in [0.25, 0.3) is 0 Å². The standard InChI is InChI=1S/C17H22N4S/c1-12-3-4-14(11-13(12)2)16-18-19-17(22-16)21-10-9-20-7-5-15(21)6-8-20/h3-4,11,15H,5-10H2,1-2H3. The number of hydrogen-bond acceptors (Lipinski definition) is 5. The molecule has 4 heterocycles. The van der Waals surface area contributed by atoms with Crippen LogP contribution < -0.4 is 4.90 Å². The van der Waals surface area contributed by atoms with Crippen molar-refractivity contribution in [3.8, 4) is 10.6 Å². The number of piperidine rings is 1. The lowest BCUT2D eigenvalue weighted by molar-refractivity contribution is 0.250. The van der Waals surface area contributed by atoms with E-state index in [0.29, 0.717) is 6.04 Å². The summed E-state index contributed by atoms with van der Waals surface area (Å²) >= 11 is 1.74. The molecular weight excluding hydrogens is 292 g/mol. The van der Waals surface area contributed by atoms with Crippen molar-refractivity contribution in [2.24, 2.45) is 0 Å². The van der Waals surface area contributed by atoms with E-state index in [1.165, 1.54) is 42.6 Å². The molecule has 3 fully saturated rings. The molecule has 0 unspecified atom stereocenters. The summed E-state index contributed by atoms with van der Waals surface area (Å²) in [5.74, 6) is 0. The molecule has 5 heteroatoms. The third kappa shape index (κ3) is 2.52. The molecule has 5 rings (SSSR count).